The standard InChI is InChI=1S/C45H35/c1-3-30-24-25-36-34(26-30)27-41-40(36)29-42(44(32-18-10-6-11-19-32)33-20-12-7-13-21-33)35(4-2)45(41)43-28-39(31-16-8-5-9-17-31)37-22-14-15-23-38(37)43/h5-26,28-29,43H,3-4H2,1-2H3. The molecule has 0 bridgehead atoms. The topological polar surface area (TPSA) is 0 Å². The third kappa shape index (κ3) is 4.61. The Balaban J connectivity index is 1.53. The van der Waals surface area contributed by atoms with Gasteiger partial charge >= 0.3 is 0 Å². The molecule has 8 rings (SSSR count). The first-order chi connectivity index (χ1) is 22.2. The third-order valence-electron chi connectivity index (χ3n) is 9.58. The summed E-state index contributed by atoms with van der Waals surface area (Å²) in [6.07, 6.45) is 8.42. The van der Waals surface area contributed by atoms with Crippen molar-refractivity contribution in [2.45, 2.75) is 32.6 Å². The van der Waals surface area contributed by atoms with Crippen LogP contribution in [0.15, 0.2) is 146 Å². The second-order valence-corrected chi connectivity index (χ2v) is 12.1. The highest BCUT2D eigenvalue weighted by Crippen LogP contribution is 2.44. The van der Waals surface area contributed by atoms with Crippen molar-refractivity contribution in [3.8, 4) is 11.1 Å². The van der Waals surface area contributed by atoms with Crippen molar-refractivity contribution in [3.05, 3.63) is 206 Å². The predicted octanol–water partition coefficient (Wildman–Crippen LogP) is 9.32. The Morgan fingerprint density at radius 3 is 1.91 bits per heavy atom. The fourth-order valence-corrected chi connectivity index (χ4v) is 7.48. The van der Waals surface area contributed by atoms with Crippen LogP contribution in [0.25, 0.3) is 28.3 Å². The summed E-state index contributed by atoms with van der Waals surface area (Å²) < 4.78 is 0. The average Bonchev–Trinajstić information content (AvgIpc) is 3.67. The van der Waals surface area contributed by atoms with Crippen LogP contribution in [0.2, 0.25) is 0 Å². The Hall–Kier alpha value is -5.20. The lowest BCUT2D eigenvalue weighted by Gasteiger charge is -2.21. The molecule has 0 heteroatoms. The van der Waals surface area contributed by atoms with Crippen LogP contribution in [-0.2, 0) is 12.8 Å². The highest BCUT2D eigenvalue weighted by molar-refractivity contribution is 5.90. The Morgan fingerprint density at radius 2 is 1.24 bits per heavy atom. The molecular formula is C45H35. The number of rotatable bonds is 6. The van der Waals surface area contributed by atoms with E-state index >= 15 is 0 Å². The minimum Gasteiger partial charge on any atom is -0.0641 e. The van der Waals surface area contributed by atoms with Crippen molar-refractivity contribution in [3.63, 3.8) is 0 Å². The van der Waals surface area contributed by atoms with Crippen molar-refractivity contribution in [2.75, 3.05) is 0 Å². The van der Waals surface area contributed by atoms with Crippen molar-refractivity contribution in [1.29, 1.82) is 0 Å². The van der Waals surface area contributed by atoms with Gasteiger partial charge in [0, 0.05) is 5.92 Å². The second kappa shape index (κ2) is 11.4. The van der Waals surface area contributed by atoms with Gasteiger partial charge in [0.15, 0.2) is 0 Å². The Morgan fingerprint density at radius 1 is 0.600 bits per heavy atom. The van der Waals surface area contributed by atoms with Crippen LogP contribution in [0.5, 0.6) is 0 Å². The molecule has 0 nitrogen and oxygen atoms in total. The van der Waals surface area contributed by atoms with Crippen molar-refractivity contribution < 1.29 is 0 Å². The van der Waals surface area contributed by atoms with Gasteiger partial charge in [-0.1, -0.05) is 153 Å². The van der Waals surface area contributed by atoms with E-state index in [0.717, 1.165) is 12.8 Å². The number of allylic oxidation sites excluding steroid dienone is 1. The minimum atomic E-state index is 0.125. The van der Waals surface area contributed by atoms with Gasteiger partial charge in [0.25, 0.3) is 0 Å². The number of hydrogen-bond donors (Lipinski definition) is 0. The highest BCUT2D eigenvalue weighted by atomic mass is 14.3. The molecule has 0 aliphatic heterocycles. The smallest absolute Gasteiger partial charge is 0.0294 e. The molecule has 2 aliphatic carbocycles. The van der Waals surface area contributed by atoms with Gasteiger partial charge in [-0.15, -0.1) is 0 Å². The lowest BCUT2D eigenvalue weighted by Crippen LogP contribution is -2.27. The van der Waals surface area contributed by atoms with Crippen molar-refractivity contribution in [1.82, 2.24) is 0 Å². The number of hydrogen-bond acceptors (Lipinski definition) is 0. The zero-order valence-corrected chi connectivity index (χ0v) is 25.8. The summed E-state index contributed by atoms with van der Waals surface area (Å²) >= 11 is 0. The van der Waals surface area contributed by atoms with E-state index in [0.29, 0.717) is 0 Å². The fourth-order valence-electron chi connectivity index (χ4n) is 7.48. The molecule has 0 amide bonds. The van der Waals surface area contributed by atoms with E-state index in [1.165, 1.54) is 82.8 Å². The van der Waals surface area contributed by atoms with E-state index in [9.17, 15) is 0 Å². The molecule has 0 saturated heterocycles. The first-order valence-corrected chi connectivity index (χ1v) is 16.2. The number of aryl methyl sites for hydroxylation is 1. The maximum Gasteiger partial charge on any atom is 0.0294 e. The molecular weight excluding hydrogens is 540 g/mol. The van der Waals surface area contributed by atoms with E-state index in [1.54, 1.807) is 0 Å². The molecule has 0 aromatic heterocycles. The van der Waals surface area contributed by atoms with Gasteiger partial charge in [0.2, 0.25) is 0 Å². The van der Waals surface area contributed by atoms with E-state index < -0.39 is 0 Å². The van der Waals surface area contributed by atoms with E-state index in [-0.39, 0.29) is 5.92 Å². The molecule has 45 heavy (non-hydrogen) atoms. The summed E-state index contributed by atoms with van der Waals surface area (Å²) in [6, 6.07) is 51.2. The largest absolute Gasteiger partial charge is 0.0641 e. The van der Waals surface area contributed by atoms with Crippen LogP contribution in [0.3, 0.4) is 0 Å². The Kier molecular flexibility index (Phi) is 6.92. The molecule has 0 saturated carbocycles. The minimum absolute atomic E-state index is 0.125. The molecule has 1 unspecified atom stereocenters. The van der Waals surface area contributed by atoms with Crippen LogP contribution in [-0.4, -0.2) is 0 Å². The fraction of sp³-hybridized carbons (Fsp3) is 0.111. The molecule has 6 aromatic carbocycles. The summed E-state index contributed by atoms with van der Waals surface area (Å²) in [4.78, 5) is 0. The maximum atomic E-state index is 3.97. The van der Waals surface area contributed by atoms with Gasteiger partial charge in [-0.3, -0.25) is 0 Å². The second-order valence-electron chi connectivity index (χ2n) is 12.1. The summed E-state index contributed by atoms with van der Waals surface area (Å²) in [7, 11) is 0. The molecule has 2 aliphatic rings. The van der Waals surface area contributed by atoms with Crippen LogP contribution in [0.1, 0.15) is 69.8 Å². The predicted molar refractivity (Wildman–Crippen MR) is 189 cm³/mol. The van der Waals surface area contributed by atoms with Gasteiger partial charge in [0.05, 0.1) is 0 Å². The lowest BCUT2D eigenvalue weighted by molar-refractivity contribution is 0.967. The molecule has 6 aromatic rings. The van der Waals surface area contributed by atoms with E-state index in [2.05, 4.69) is 166 Å². The summed E-state index contributed by atoms with van der Waals surface area (Å²) in [6.45, 7) is 4.55. The Labute approximate surface area is 266 Å². The molecule has 0 N–H and O–H groups in total. The highest BCUT2D eigenvalue weighted by Gasteiger charge is 2.30. The molecule has 215 valence electrons. The van der Waals surface area contributed by atoms with Gasteiger partial charge in [0.1, 0.15) is 0 Å². The molecule has 1 radical (unpaired) electrons. The zero-order chi connectivity index (χ0) is 30.3. The van der Waals surface area contributed by atoms with Crippen LogP contribution in [0.4, 0.5) is 0 Å². The monoisotopic (exact) mass is 575 g/mol. The normalized spacial score (nSPS) is 14.3. The summed E-state index contributed by atoms with van der Waals surface area (Å²) in [5, 5.41) is 2.57. The van der Waals surface area contributed by atoms with Crippen LogP contribution < -0.4 is 10.4 Å². The first-order valence-electron chi connectivity index (χ1n) is 16.2. The van der Waals surface area contributed by atoms with Crippen LogP contribution >= 0.6 is 0 Å². The molecule has 0 heterocycles. The van der Waals surface area contributed by atoms with Crippen molar-refractivity contribution in [2.24, 2.45) is 0 Å². The van der Waals surface area contributed by atoms with Gasteiger partial charge in [-0.2, -0.15) is 0 Å². The SMILES string of the molecule is CCc1ccc2c(c1)[C]=c1c-2cc(=C(c2ccccc2)c2ccccc2)c(CC)c1C1C=C(c2ccccc2)c2ccccc21. The van der Waals surface area contributed by atoms with Crippen LogP contribution in [0, 0.1) is 0 Å². The zero-order valence-electron chi connectivity index (χ0n) is 25.8. The molecule has 0 fully saturated rings. The van der Waals surface area contributed by atoms with Crippen molar-refractivity contribution >= 4 is 17.2 Å². The molecule has 0 spiro atoms. The molecule has 1 atom stereocenters. The first kappa shape index (κ1) is 27.4. The lowest BCUT2D eigenvalue weighted by atomic mass is 9.82. The van der Waals surface area contributed by atoms with E-state index in [4.69, 9.17) is 0 Å². The van der Waals surface area contributed by atoms with Gasteiger partial charge in [-0.25, -0.2) is 0 Å². The third-order valence-corrected chi connectivity index (χ3v) is 9.58. The summed E-state index contributed by atoms with van der Waals surface area (Å²) in [5.41, 5.74) is 17.0. The van der Waals surface area contributed by atoms with Gasteiger partial charge < -0.3 is 0 Å². The van der Waals surface area contributed by atoms with E-state index in [1.807, 2.05) is 0 Å². The van der Waals surface area contributed by atoms with Gasteiger partial charge in [-0.05, 0) is 108 Å². The quantitative estimate of drug-likeness (QED) is 0.185. The Bertz CT molecular complexity index is 2160. The number of fused-ring (bicyclic) bond motifs is 4. The summed E-state index contributed by atoms with van der Waals surface area (Å²) in [5.74, 6) is 0.125. The maximum absolute atomic E-state index is 3.97. The number of benzene rings is 6. The average molecular weight is 576 g/mol.